The van der Waals surface area contributed by atoms with Crippen LogP contribution in [0.15, 0.2) is 37.2 Å². The third-order valence-electron chi connectivity index (χ3n) is 4.76. The number of hydrogen-bond donors (Lipinski definition) is 1. The summed E-state index contributed by atoms with van der Waals surface area (Å²) in [5, 5.41) is 14.3. The molecule has 0 aliphatic carbocycles. The number of aliphatic carboxylic acids is 1. The summed E-state index contributed by atoms with van der Waals surface area (Å²) in [6.07, 6.45) is 8.95. The van der Waals surface area contributed by atoms with Gasteiger partial charge in [-0.25, -0.2) is 9.97 Å². The summed E-state index contributed by atoms with van der Waals surface area (Å²) in [7, 11) is 0. The van der Waals surface area contributed by atoms with Crippen molar-refractivity contribution in [3.63, 3.8) is 0 Å². The number of nitrogens with zero attached hydrogens (tertiary/aromatic N) is 4. The molecule has 0 aliphatic rings. The van der Waals surface area contributed by atoms with Crippen molar-refractivity contribution in [3.05, 3.63) is 54.3 Å². The van der Waals surface area contributed by atoms with E-state index >= 15 is 0 Å². The van der Waals surface area contributed by atoms with Crippen molar-refractivity contribution in [1.29, 1.82) is 0 Å². The Hall–Kier alpha value is -3.35. The van der Waals surface area contributed by atoms with E-state index in [1.54, 1.807) is 12.4 Å². The second-order valence-electron chi connectivity index (χ2n) is 7.04. The van der Waals surface area contributed by atoms with E-state index in [0.29, 0.717) is 16.7 Å². The Morgan fingerprint density at radius 2 is 1.90 bits per heavy atom. The van der Waals surface area contributed by atoms with Crippen molar-refractivity contribution >= 4 is 22.7 Å². The zero-order chi connectivity index (χ0) is 21.0. The summed E-state index contributed by atoms with van der Waals surface area (Å²) in [5.41, 5.74) is 3.67. The van der Waals surface area contributed by atoms with Crippen LogP contribution >= 0.6 is 0 Å². The van der Waals surface area contributed by atoms with Crippen molar-refractivity contribution in [2.75, 3.05) is 0 Å². The van der Waals surface area contributed by atoms with Crippen LogP contribution in [0.5, 0.6) is 0 Å². The highest BCUT2D eigenvalue weighted by Gasteiger charge is 2.20. The van der Waals surface area contributed by atoms with Crippen molar-refractivity contribution in [2.24, 2.45) is 0 Å². The molecule has 0 aliphatic heterocycles. The predicted molar refractivity (Wildman–Crippen MR) is 111 cm³/mol. The molecule has 0 fully saturated rings. The topological polar surface area (TPSA) is 98.0 Å². The van der Waals surface area contributed by atoms with Crippen LogP contribution in [-0.2, 0) is 17.8 Å². The molecule has 7 heteroatoms. The first-order valence-corrected chi connectivity index (χ1v) is 9.56. The third-order valence-corrected chi connectivity index (χ3v) is 4.76. The summed E-state index contributed by atoms with van der Waals surface area (Å²) in [4.78, 5) is 32.1. The number of ketones is 1. The van der Waals surface area contributed by atoms with E-state index in [2.05, 4.69) is 21.6 Å². The minimum absolute atomic E-state index is 0.200. The van der Waals surface area contributed by atoms with E-state index in [4.69, 9.17) is 0 Å². The lowest BCUT2D eigenvalue weighted by molar-refractivity contribution is -0.137. The number of aryl methyl sites for hydroxylation is 2. The lowest BCUT2D eigenvalue weighted by Gasteiger charge is -2.10. The molecule has 0 saturated heterocycles. The van der Waals surface area contributed by atoms with Gasteiger partial charge in [-0.05, 0) is 55.9 Å². The van der Waals surface area contributed by atoms with Gasteiger partial charge in [-0.3, -0.25) is 14.3 Å². The molecule has 3 rings (SSSR count). The molecular weight excluding hydrogens is 368 g/mol. The fourth-order valence-electron chi connectivity index (χ4n) is 3.41. The predicted octanol–water partition coefficient (Wildman–Crippen LogP) is 3.99. The minimum Gasteiger partial charge on any atom is -0.480 e. The van der Waals surface area contributed by atoms with Crippen LogP contribution in [0.1, 0.15) is 48.1 Å². The maximum absolute atomic E-state index is 12.2. The number of aromatic nitrogens is 4. The molecule has 29 heavy (non-hydrogen) atoms. The fraction of sp³-hybridized carbons (Fsp3) is 0.318. The summed E-state index contributed by atoms with van der Waals surface area (Å²) in [6.45, 7) is 6.72. The second-order valence-corrected chi connectivity index (χ2v) is 7.04. The van der Waals surface area contributed by atoms with Crippen molar-refractivity contribution in [1.82, 2.24) is 19.7 Å². The van der Waals surface area contributed by atoms with Crippen molar-refractivity contribution in [3.8, 4) is 11.1 Å². The first-order chi connectivity index (χ1) is 13.9. The molecule has 0 spiro atoms. The monoisotopic (exact) mass is 392 g/mol. The number of fused-ring (bicyclic) bond motifs is 1. The number of Topliss-reactive ketones (excluding diaryl/α,β-unsaturated/α-hetero) is 1. The Balaban J connectivity index is 2.19. The number of rotatable bonds is 9. The number of carbonyl (C=O) groups is 2. The van der Waals surface area contributed by atoms with Crippen LogP contribution in [0.2, 0.25) is 0 Å². The van der Waals surface area contributed by atoms with E-state index in [0.717, 1.165) is 42.4 Å². The SMILES string of the molecule is C=CCCCCc1cc(-c2cnc(C)nc2)cc2c(C(C)=O)nn(CC(=O)O)c12. The Morgan fingerprint density at radius 1 is 1.17 bits per heavy atom. The van der Waals surface area contributed by atoms with E-state index in [9.17, 15) is 14.7 Å². The summed E-state index contributed by atoms with van der Waals surface area (Å²) in [6, 6.07) is 3.90. The standard InChI is InChI=1S/C22H24N4O3/c1-4-5-6-7-8-16-9-17(18-11-23-15(3)24-12-18)10-19-21(14(2)27)25-26(22(16)19)13-20(28)29/h4,9-12H,1,5-8,13H2,2-3H3,(H,28,29). The Morgan fingerprint density at radius 3 is 2.52 bits per heavy atom. The van der Waals surface area contributed by atoms with E-state index in [1.165, 1.54) is 11.6 Å². The third kappa shape index (κ3) is 4.56. The molecule has 0 amide bonds. The maximum Gasteiger partial charge on any atom is 0.325 e. The average molecular weight is 392 g/mol. The lowest BCUT2D eigenvalue weighted by Crippen LogP contribution is -2.11. The van der Waals surface area contributed by atoms with Crippen LogP contribution in [-0.4, -0.2) is 36.6 Å². The normalized spacial score (nSPS) is 11.0. The van der Waals surface area contributed by atoms with Gasteiger partial charge in [-0.1, -0.05) is 6.08 Å². The van der Waals surface area contributed by atoms with Gasteiger partial charge in [0.2, 0.25) is 0 Å². The quantitative estimate of drug-likeness (QED) is 0.336. The molecule has 150 valence electrons. The lowest BCUT2D eigenvalue weighted by atomic mass is 9.97. The van der Waals surface area contributed by atoms with Crippen LogP contribution in [0.3, 0.4) is 0 Å². The number of carboxylic acid groups (broad SMARTS) is 1. The van der Waals surface area contributed by atoms with Crippen LogP contribution in [0, 0.1) is 6.92 Å². The number of benzene rings is 1. The van der Waals surface area contributed by atoms with E-state index in [-0.39, 0.29) is 18.0 Å². The second kappa shape index (κ2) is 8.77. The molecule has 0 bridgehead atoms. The van der Waals surface area contributed by atoms with Gasteiger partial charge in [0.15, 0.2) is 5.78 Å². The van der Waals surface area contributed by atoms with Gasteiger partial charge in [0.25, 0.3) is 0 Å². The van der Waals surface area contributed by atoms with E-state index in [1.807, 2.05) is 25.1 Å². The molecule has 2 aromatic heterocycles. The number of allylic oxidation sites excluding steroid dienone is 1. The summed E-state index contributed by atoms with van der Waals surface area (Å²) < 4.78 is 1.42. The molecule has 3 aromatic rings. The Bertz CT molecular complexity index is 1070. The van der Waals surface area contributed by atoms with Gasteiger partial charge < -0.3 is 5.11 Å². The maximum atomic E-state index is 12.2. The molecule has 2 heterocycles. The smallest absolute Gasteiger partial charge is 0.325 e. The van der Waals surface area contributed by atoms with Gasteiger partial charge in [0.1, 0.15) is 18.1 Å². The Kier molecular flexibility index (Phi) is 6.16. The molecular formula is C22H24N4O3. The van der Waals surface area contributed by atoms with Gasteiger partial charge >= 0.3 is 5.97 Å². The number of carbonyl (C=O) groups excluding carboxylic acids is 1. The number of hydrogen-bond acceptors (Lipinski definition) is 5. The average Bonchev–Trinajstić information content (AvgIpc) is 3.04. The van der Waals surface area contributed by atoms with Crippen LogP contribution in [0.4, 0.5) is 0 Å². The van der Waals surface area contributed by atoms with Gasteiger partial charge in [0, 0.05) is 30.3 Å². The highest BCUT2D eigenvalue weighted by Crippen LogP contribution is 2.31. The minimum atomic E-state index is -1.00. The molecule has 1 N–H and O–H groups in total. The molecule has 0 radical (unpaired) electrons. The molecule has 7 nitrogen and oxygen atoms in total. The fourth-order valence-corrected chi connectivity index (χ4v) is 3.41. The molecule has 0 saturated carbocycles. The zero-order valence-electron chi connectivity index (χ0n) is 16.7. The van der Waals surface area contributed by atoms with Crippen molar-refractivity contribution in [2.45, 2.75) is 46.1 Å². The summed E-state index contributed by atoms with van der Waals surface area (Å²) in [5.74, 6) is -0.523. The van der Waals surface area contributed by atoms with Gasteiger partial charge in [-0.2, -0.15) is 5.10 Å². The van der Waals surface area contributed by atoms with Crippen LogP contribution in [0.25, 0.3) is 22.0 Å². The highest BCUT2D eigenvalue weighted by molar-refractivity contribution is 6.06. The first-order valence-electron chi connectivity index (χ1n) is 9.56. The summed E-state index contributed by atoms with van der Waals surface area (Å²) >= 11 is 0. The molecule has 0 atom stereocenters. The highest BCUT2D eigenvalue weighted by atomic mass is 16.4. The number of carboxylic acids is 1. The van der Waals surface area contributed by atoms with Gasteiger partial charge in [0.05, 0.1) is 5.52 Å². The largest absolute Gasteiger partial charge is 0.480 e. The number of unbranched alkanes of at least 4 members (excludes halogenated alkanes) is 2. The van der Waals surface area contributed by atoms with Crippen LogP contribution < -0.4 is 0 Å². The van der Waals surface area contributed by atoms with Gasteiger partial charge in [-0.15, -0.1) is 6.58 Å². The van der Waals surface area contributed by atoms with E-state index < -0.39 is 5.97 Å². The molecule has 1 aromatic carbocycles. The molecule has 0 unspecified atom stereocenters. The zero-order valence-corrected chi connectivity index (χ0v) is 16.7. The Labute approximate surface area is 169 Å². The first kappa shape index (κ1) is 20.4. The van der Waals surface area contributed by atoms with Crippen molar-refractivity contribution < 1.29 is 14.7 Å².